The molecule has 1 aromatic heterocycles. The molecule has 9 heteroatoms. The summed E-state index contributed by atoms with van der Waals surface area (Å²) in [5.74, 6) is -0.0348. The van der Waals surface area contributed by atoms with Gasteiger partial charge in [-0.3, -0.25) is 14.2 Å². The third-order valence-corrected chi connectivity index (χ3v) is 7.06. The number of amides is 2. The fourth-order valence-electron chi connectivity index (χ4n) is 4.22. The molecule has 0 atom stereocenters. The first kappa shape index (κ1) is 24.8. The molecule has 1 saturated heterocycles. The molecule has 0 spiro atoms. The maximum absolute atomic E-state index is 13.5. The highest BCUT2D eigenvalue weighted by Crippen LogP contribution is 2.28. The summed E-state index contributed by atoms with van der Waals surface area (Å²) in [7, 11) is 0. The molecule has 35 heavy (non-hydrogen) atoms. The zero-order valence-electron chi connectivity index (χ0n) is 20.0. The van der Waals surface area contributed by atoms with Crippen molar-refractivity contribution < 1.29 is 14.3 Å². The van der Waals surface area contributed by atoms with Crippen molar-refractivity contribution in [1.29, 1.82) is 0 Å². The number of carbonyl (C=O) groups is 2. The van der Waals surface area contributed by atoms with Crippen molar-refractivity contribution >= 4 is 40.4 Å². The van der Waals surface area contributed by atoms with E-state index >= 15 is 0 Å². The highest BCUT2D eigenvalue weighted by atomic mass is 32.2. The van der Waals surface area contributed by atoms with Gasteiger partial charge in [0.2, 0.25) is 5.91 Å². The number of benzene rings is 2. The number of ether oxygens (including phenoxy) is 1. The Balaban J connectivity index is 1.52. The van der Waals surface area contributed by atoms with E-state index in [2.05, 4.69) is 12.2 Å². The summed E-state index contributed by atoms with van der Waals surface area (Å²) in [4.78, 5) is 44.6. The SMILES string of the molecule is CCOC(=O)N1CCC(n2c(SCC(=O)Nc3ccc(CC)cc3)nc3ccccc3c2=O)CC1. The van der Waals surface area contributed by atoms with Crippen molar-refractivity contribution in [2.45, 2.75) is 44.3 Å². The van der Waals surface area contributed by atoms with Gasteiger partial charge in [-0.1, -0.05) is 43.0 Å². The van der Waals surface area contributed by atoms with Gasteiger partial charge in [-0.05, 0) is 56.0 Å². The van der Waals surface area contributed by atoms with E-state index in [0.29, 0.717) is 48.6 Å². The van der Waals surface area contributed by atoms with E-state index in [0.717, 1.165) is 12.1 Å². The molecule has 0 radical (unpaired) electrons. The quantitative estimate of drug-likeness (QED) is 0.384. The van der Waals surface area contributed by atoms with Crippen LogP contribution in [0.4, 0.5) is 10.5 Å². The van der Waals surface area contributed by atoms with Crippen molar-refractivity contribution in [3.8, 4) is 0 Å². The van der Waals surface area contributed by atoms with Crippen molar-refractivity contribution in [2.75, 3.05) is 30.8 Å². The molecule has 4 rings (SSSR count). The number of piperidine rings is 1. The summed E-state index contributed by atoms with van der Waals surface area (Å²) in [6, 6.07) is 14.9. The van der Waals surface area contributed by atoms with Gasteiger partial charge >= 0.3 is 6.09 Å². The lowest BCUT2D eigenvalue weighted by atomic mass is 10.0. The molecule has 0 bridgehead atoms. The summed E-state index contributed by atoms with van der Waals surface area (Å²) >= 11 is 1.25. The number of rotatable bonds is 7. The third kappa shape index (κ3) is 5.85. The molecule has 2 amide bonds. The molecule has 2 heterocycles. The summed E-state index contributed by atoms with van der Waals surface area (Å²) < 4.78 is 6.82. The monoisotopic (exact) mass is 494 g/mol. The second-order valence-corrected chi connectivity index (χ2v) is 9.33. The van der Waals surface area contributed by atoms with Gasteiger partial charge in [0.25, 0.3) is 5.56 Å². The van der Waals surface area contributed by atoms with Crippen molar-refractivity contribution in [1.82, 2.24) is 14.5 Å². The Labute approximate surface area is 208 Å². The van der Waals surface area contributed by atoms with Gasteiger partial charge in [0.05, 0.1) is 23.3 Å². The van der Waals surface area contributed by atoms with Gasteiger partial charge in [0.1, 0.15) is 0 Å². The topological polar surface area (TPSA) is 93.5 Å². The largest absolute Gasteiger partial charge is 0.450 e. The molecule has 2 aromatic carbocycles. The summed E-state index contributed by atoms with van der Waals surface area (Å²) in [5.41, 5.74) is 2.43. The highest BCUT2D eigenvalue weighted by Gasteiger charge is 2.27. The maximum Gasteiger partial charge on any atom is 0.409 e. The van der Waals surface area contributed by atoms with Gasteiger partial charge in [0.15, 0.2) is 5.16 Å². The van der Waals surface area contributed by atoms with Gasteiger partial charge in [0, 0.05) is 24.8 Å². The Bertz CT molecular complexity index is 1250. The van der Waals surface area contributed by atoms with Gasteiger partial charge < -0.3 is 15.0 Å². The predicted octanol–water partition coefficient (Wildman–Crippen LogP) is 4.48. The standard InChI is InChI=1S/C26H30N4O4S/c1-3-18-9-11-19(12-10-18)27-23(31)17-35-25-28-22-8-6-5-7-21(22)24(32)30(25)20-13-15-29(16-14-20)26(33)34-4-2/h5-12,20H,3-4,13-17H2,1-2H3,(H,27,31). The number of aromatic nitrogens is 2. The lowest BCUT2D eigenvalue weighted by Crippen LogP contribution is -2.41. The van der Waals surface area contributed by atoms with Crippen LogP contribution in [0.25, 0.3) is 10.9 Å². The molecule has 8 nitrogen and oxygen atoms in total. The third-order valence-electron chi connectivity index (χ3n) is 6.11. The minimum atomic E-state index is -0.326. The number of nitrogens with one attached hydrogen (secondary N) is 1. The summed E-state index contributed by atoms with van der Waals surface area (Å²) in [6.07, 6.45) is 1.84. The lowest BCUT2D eigenvalue weighted by Gasteiger charge is -2.33. The zero-order valence-corrected chi connectivity index (χ0v) is 20.8. The second-order valence-electron chi connectivity index (χ2n) is 8.39. The minimum Gasteiger partial charge on any atom is -0.450 e. The first-order chi connectivity index (χ1) is 17.0. The molecule has 0 saturated carbocycles. The Morgan fingerprint density at radius 1 is 1.09 bits per heavy atom. The fraction of sp³-hybridized carbons (Fsp3) is 0.385. The number of carbonyl (C=O) groups excluding carboxylic acids is 2. The van der Waals surface area contributed by atoms with Crippen LogP contribution in [0, 0.1) is 0 Å². The van der Waals surface area contributed by atoms with E-state index in [1.165, 1.54) is 17.3 Å². The van der Waals surface area contributed by atoms with E-state index in [4.69, 9.17) is 9.72 Å². The molecule has 0 aliphatic carbocycles. The first-order valence-corrected chi connectivity index (χ1v) is 12.9. The molecule has 1 fully saturated rings. The molecule has 184 valence electrons. The van der Waals surface area contributed by atoms with Crippen molar-refractivity contribution in [2.24, 2.45) is 0 Å². The van der Waals surface area contributed by atoms with Crippen LogP contribution in [-0.2, 0) is 16.0 Å². The average Bonchev–Trinajstić information content (AvgIpc) is 2.88. The number of likely N-dealkylation sites (tertiary alicyclic amines) is 1. The molecular formula is C26H30N4O4S. The summed E-state index contributed by atoms with van der Waals surface area (Å²) in [6.45, 7) is 5.20. The molecule has 3 aromatic rings. The first-order valence-electron chi connectivity index (χ1n) is 11.9. The zero-order chi connectivity index (χ0) is 24.8. The van der Waals surface area contributed by atoms with Gasteiger partial charge in [-0.2, -0.15) is 0 Å². The van der Waals surface area contributed by atoms with E-state index in [-0.39, 0.29) is 29.4 Å². The smallest absolute Gasteiger partial charge is 0.409 e. The van der Waals surface area contributed by atoms with Crippen molar-refractivity contribution in [3.05, 3.63) is 64.4 Å². The molecular weight excluding hydrogens is 464 g/mol. The van der Waals surface area contributed by atoms with E-state index in [9.17, 15) is 14.4 Å². The molecule has 0 unspecified atom stereocenters. The van der Waals surface area contributed by atoms with Gasteiger partial charge in [-0.25, -0.2) is 9.78 Å². The van der Waals surface area contributed by atoms with E-state index in [1.54, 1.807) is 22.5 Å². The van der Waals surface area contributed by atoms with Gasteiger partial charge in [-0.15, -0.1) is 0 Å². The number of hydrogen-bond donors (Lipinski definition) is 1. The Kier molecular flexibility index (Phi) is 8.07. The van der Waals surface area contributed by atoms with Crippen molar-refractivity contribution in [3.63, 3.8) is 0 Å². The number of anilines is 1. The number of para-hydroxylation sites is 1. The normalized spacial score (nSPS) is 14.2. The van der Waals surface area contributed by atoms with Crippen LogP contribution < -0.4 is 10.9 Å². The van der Waals surface area contributed by atoms with Crippen LogP contribution in [-0.4, -0.2) is 51.9 Å². The molecule has 1 aliphatic heterocycles. The average molecular weight is 495 g/mol. The van der Waals surface area contributed by atoms with Crippen LogP contribution in [0.5, 0.6) is 0 Å². The van der Waals surface area contributed by atoms with Crippen LogP contribution in [0.15, 0.2) is 58.5 Å². The Morgan fingerprint density at radius 2 is 1.80 bits per heavy atom. The minimum absolute atomic E-state index is 0.113. The van der Waals surface area contributed by atoms with Crippen LogP contribution in [0.1, 0.15) is 38.3 Å². The Hall–Kier alpha value is -3.33. The van der Waals surface area contributed by atoms with E-state index < -0.39 is 0 Å². The molecule has 1 N–H and O–H groups in total. The number of hydrogen-bond acceptors (Lipinski definition) is 6. The predicted molar refractivity (Wildman–Crippen MR) is 138 cm³/mol. The maximum atomic E-state index is 13.5. The lowest BCUT2D eigenvalue weighted by molar-refractivity contribution is -0.113. The number of nitrogens with zero attached hydrogens (tertiary/aromatic N) is 3. The number of thioether (sulfide) groups is 1. The van der Waals surface area contributed by atoms with Crippen LogP contribution >= 0.6 is 11.8 Å². The van der Waals surface area contributed by atoms with Crippen LogP contribution in [0.2, 0.25) is 0 Å². The molecule has 1 aliphatic rings. The fourth-order valence-corrected chi connectivity index (χ4v) is 5.09. The van der Waals surface area contributed by atoms with E-state index in [1.807, 2.05) is 42.5 Å². The number of fused-ring (bicyclic) bond motifs is 1. The summed E-state index contributed by atoms with van der Waals surface area (Å²) in [5, 5.41) is 3.97. The number of aryl methyl sites for hydroxylation is 1. The Morgan fingerprint density at radius 3 is 2.49 bits per heavy atom. The highest BCUT2D eigenvalue weighted by molar-refractivity contribution is 7.99. The van der Waals surface area contributed by atoms with Crippen LogP contribution in [0.3, 0.4) is 0 Å². The second kappa shape index (κ2) is 11.4.